The van der Waals surface area contributed by atoms with Gasteiger partial charge in [0.05, 0.1) is 6.54 Å². The molecule has 1 aliphatic rings. The van der Waals surface area contributed by atoms with Crippen molar-refractivity contribution in [2.45, 2.75) is 58.5 Å². The molecule has 0 atom stereocenters. The summed E-state index contributed by atoms with van der Waals surface area (Å²) >= 11 is 7.37. The van der Waals surface area contributed by atoms with Gasteiger partial charge in [0.1, 0.15) is 5.01 Å². The lowest BCUT2D eigenvalue weighted by molar-refractivity contribution is 0.179. The Labute approximate surface area is 119 Å². The van der Waals surface area contributed by atoms with Gasteiger partial charge in [0.25, 0.3) is 0 Å². The number of hydrogen-bond acceptors (Lipinski definition) is 4. The molecule has 0 radical (unpaired) electrons. The maximum atomic E-state index is 5.86. The van der Waals surface area contributed by atoms with E-state index in [0.29, 0.717) is 4.47 Å². The van der Waals surface area contributed by atoms with Crippen LogP contribution < -0.4 is 0 Å². The van der Waals surface area contributed by atoms with Crippen LogP contribution in [0.3, 0.4) is 0 Å². The number of halogens is 1. The summed E-state index contributed by atoms with van der Waals surface area (Å²) in [6, 6.07) is 0.742. The lowest BCUT2D eigenvalue weighted by Crippen LogP contribution is -2.34. The number of aromatic nitrogens is 2. The molecular formula is C13H22ClN3S. The Morgan fingerprint density at radius 3 is 2.61 bits per heavy atom. The van der Waals surface area contributed by atoms with Crippen molar-refractivity contribution in [1.29, 1.82) is 0 Å². The van der Waals surface area contributed by atoms with Gasteiger partial charge in [0.2, 0.25) is 4.47 Å². The van der Waals surface area contributed by atoms with E-state index in [0.717, 1.165) is 23.5 Å². The standard InChI is InChI=1S/C13H22ClN3S/c1-10(2)7-8-17(11-5-3-4-6-11)9-12-15-16-13(14)18-12/h10-11H,3-9H2,1-2H3. The van der Waals surface area contributed by atoms with Gasteiger partial charge in [0, 0.05) is 6.04 Å². The van der Waals surface area contributed by atoms with Crippen LogP contribution in [-0.4, -0.2) is 27.7 Å². The molecule has 1 aromatic rings. The van der Waals surface area contributed by atoms with Crippen LogP contribution in [0.4, 0.5) is 0 Å². The van der Waals surface area contributed by atoms with Gasteiger partial charge in [-0.15, -0.1) is 10.2 Å². The third kappa shape index (κ3) is 4.18. The summed E-state index contributed by atoms with van der Waals surface area (Å²) in [4.78, 5) is 2.59. The zero-order chi connectivity index (χ0) is 13.0. The van der Waals surface area contributed by atoms with Crippen LogP contribution in [0.25, 0.3) is 0 Å². The maximum Gasteiger partial charge on any atom is 0.207 e. The average molecular weight is 288 g/mol. The van der Waals surface area contributed by atoms with Gasteiger partial charge in [-0.05, 0) is 43.3 Å². The molecule has 0 bridgehead atoms. The van der Waals surface area contributed by atoms with Crippen LogP contribution in [0.5, 0.6) is 0 Å². The zero-order valence-electron chi connectivity index (χ0n) is 11.2. The van der Waals surface area contributed by atoms with E-state index in [9.17, 15) is 0 Å². The monoisotopic (exact) mass is 287 g/mol. The van der Waals surface area contributed by atoms with Crippen LogP contribution in [0.2, 0.25) is 4.47 Å². The third-order valence-electron chi connectivity index (χ3n) is 3.62. The lowest BCUT2D eigenvalue weighted by Gasteiger charge is -2.28. The Morgan fingerprint density at radius 1 is 1.33 bits per heavy atom. The zero-order valence-corrected chi connectivity index (χ0v) is 12.8. The Hall–Kier alpha value is -0.190. The highest BCUT2D eigenvalue weighted by Crippen LogP contribution is 2.26. The molecule has 5 heteroatoms. The summed E-state index contributed by atoms with van der Waals surface area (Å²) in [5.41, 5.74) is 0. The Balaban J connectivity index is 1.94. The maximum absolute atomic E-state index is 5.86. The van der Waals surface area contributed by atoms with Crippen LogP contribution in [0.15, 0.2) is 0 Å². The van der Waals surface area contributed by atoms with Crippen LogP contribution in [0, 0.1) is 5.92 Å². The van der Waals surface area contributed by atoms with Gasteiger partial charge >= 0.3 is 0 Å². The van der Waals surface area contributed by atoms with Gasteiger partial charge in [0.15, 0.2) is 0 Å². The Morgan fingerprint density at radius 2 is 2.06 bits per heavy atom. The molecule has 3 nitrogen and oxygen atoms in total. The number of nitrogens with zero attached hydrogens (tertiary/aromatic N) is 3. The van der Waals surface area contributed by atoms with E-state index >= 15 is 0 Å². The summed E-state index contributed by atoms with van der Waals surface area (Å²) in [5, 5.41) is 9.10. The summed E-state index contributed by atoms with van der Waals surface area (Å²) < 4.78 is 0.556. The van der Waals surface area contributed by atoms with Crippen molar-refractivity contribution in [2.24, 2.45) is 5.92 Å². The van der Waals surface area contributed by atoms with Gasteiger partial charge < -0.3 is 0 Å². The predicted octanol–water partition coefficient (Wildman–Crippen LogP) is 3.98. The molecule has 0 unspecified atom stereocenters. The Bertz CT molecular complexity index is 361. The van der Waals surface area contributed by atoms with Crippen molar-refractivity contribution in [3.63, 3.8) is 0 Å². The first-order chi connectivity index (χ1) is 8.65. The first-order valence-corrected chi connectivity index (χ1v) is 8.06. The van der Waals surface area contributed by atoms with Crippen LogP contribution in [-0.2, 0) is 6.54 Å². The van der Waals surface area contributed by atoms with Gasteiger partial charge in [-0.3, -0.25) is 4.90 Å². The van der Waals surface area contributed by atoms with E-state index in [1.54, 1.807) is 0 Å². The summed E-state index contributed by atoms with van der Waals surface area (Å²) in [6.07, 6.45) is 6.68. The first-order valence-electron chi connectivity index (χ1n) is 6.87. The van der Waals surface area contributed by atoms with Gasteiger partial charge in [-0.2, -0.15) is 0 Å². The number of hydrogen-bond donors (Lipinski definition) is 0. The molecule has 1 aromatic heterocycles. The van der Waals surface area contributed by atoms with Crippen molar-refractivity contribution in [1.82, 2.24) is 15.1 Å². The molecule has 102 valence electrons. The molecule has 0 spiro atoms. The molecule has 1 fully saturated rings. The van der Waals surface area contributed by atoms with Crippen molar-refractivity contribution in [3.8, 4) is 0 Å². The molecule has 1 heterocycles. The van der Waals surface area contributed by atoms with E-state index in [4.69, 9.17) is 11.6 Å². The van der Waals surface area contributed by atoms with Crippen LogP contribution >= 0.6 is 22.9 Å². The smallest absolute Gasteiger partial charge is 0.207 e. The normalized spacial score (nSPS) is 17.2. The molecule has 0 N–H and O–H groups in total. The molecule has 0 saturated heterocycles. The topological polar surface area (TPSA) is 29.0 Å². The third-order valence-corrected chi connectivity index (χ3v) is 4.62. The predicted molar refractivity (Wildman–Crippen MR) is 77.0 cm³/mol. The lowest BCUT2D eigenvalue weighted by atomic mass is 10.1. The molecule has 2 rings (SSSR count). The van der Waals surface area contributed by atoms with E-state index in [2.05, 4.69) is 28.9 Å². The Kier molecular flexibility index (Phi) is 5.39. The minimum Gasteiger partial charge on any atom is -0.294 e. The first kappa shape index (κ1) is 14.2. The highest BCUT2D eigenvalue weighted by molar-refractivity contribution is 7.15. The minimum atomic E-state index is 0.556. The van der Waals surface area contributed by atoms with Crippen molar-refractivity contribution in [3.05, 3.63) is 9.47 Å². The molecule has 1 saturated carbocycles. The van der Waals surface area contributed by atoms with E-state index in [1.165, 1.54) is 50.0 Å². The molecule has 0 aliphatic heterocycles. The SMILES string of the molecule is CC(C)CCN(Cc1nnc(Cl)s1)C1CCCC1. The van der Waals surface area contributed by atoms with E-state index < -0.39 is 0 Å². The summed E-state index contributed by atoms with van der Waals surface area (Å²) in [7, 11) is 0. The van der Waals surface area contributed by atoms with Gasteiger partial charge in [-0.1, -0.05) is 38.0 Å². The van der Waals surface area contributed by atoms with E-state index in [-0.39, 0.29) is 0 Å². The quantitative estimate of drug-likeness (QED) is 0.792. The molecule has 18 heavy (non-hydrogen) atoms. The fraction of sp³-hybridized carbons (Fsp3) is 0.846. The summed E-state index contributed by atoms with van der Waals surface area (Å²) in [5.74, 6) is 0.756. The van der Waals surface area contributed by atoms with Crippen LogP contribution in [0.1, 0.15) is 51.0 Å². The van der Waals surface area contributed by atoms with Crippen molar-refractivity contribution < 1.29 is 0 Å². The molecule has 0 amide bonds. The fourth-order valence-corrected chi connectivity index (χ4v) is 3.45. The highest BCUT2D eigenvalue weighted by Gasteiger charge is 2.23. The molecule has 1 aliphatic carbocycles. The second-order valence-electron chi connectivity index (χ2n) is 5.54. The second kappa shape index (κ2) is 6.83. The second-order valence-corrected chi connectivity index (χ2v) is 7.18. The average Bonchev–Trinajstić information content (AvgIpc) is 2.95. The van der Waals surface area contributed by atoms with E-state index in [1.807, 2.05) is 0 Å². The highest BCUT2D eigenvalue weighted by atomic mass is 35.5. The van der Waals surface area contributed by atoms with Gasteiger partial charge in [-0.25, -0.2) is 0 Å². The van der Waals surface area contributed by atoms with Crippen molar-refractivity contribution >= 4 is 22.9 Å². The number of rotatable bonds is 6. The summed E-state index contributed by atoms with van der Waals surface area (Å²) in [6.45, 7) is 6.66. The minimum absolute atomic E-state index is 0.556. The fourth-order valence-electron chi connectivity index (χ4n) is 2.55. The largest absolute Gasteiger partial charge is 0.294 e. The molecule has 0 aromatic carbocycles. The van der Waals surface area contributed by atoms with Crippen molar-refractivity contribution in [2.75, 3.05) is 6.54 Å². The molecular weight excluding hydrogens is 266 g/mol.